The first-order valence-corrected chi connectivity index (χ1v) is 10.4. The first-order chi connectivity index (χ1) is 13.7. The Morgan fingerprint density at radius 1 is 1.24 bits per heavy atom. The minimum Gasteiger partial charge on any atom is -0.385 e. The summed E-state index contributed by atoms with van der Waals surface area (Å²) in [6, 6.07) is 3.38. The second-order valence-electron chi connectivity index (χ2n) is 8.52. The van der Waals surface area contributed by atoms with Crippen LogP contribution in [0.5, 0.6) is 0 Å². The molecule has 4 rings (SSSR count). The van der Waals surface area contributed by atoms with E-state index in [0.29, 0.717) is 35.8 Å². The van der Waals surface area contributed by atoms with Crippen molar-refractivity contribution in [2.24, 2.45) is 17.8 Å². The Morgan fingerprint density at radius 3 is 2.62 bits per heavy atom. The number of anilines is 1. The third kappa shape index (κ3) is 2.75. The number of ether oxygens (including phenoxy) is 1. The molecule has 29 heavy (non-hydrogen) atoms. The first kappa shape index (κ1) is 20.3. The molecular formula is C21H26ClN3O4. The molecule has 0 saturated carbocycles. The van der Waals surface area contributed by atoms with Gasteiger partial charge in [-0.15, -0.1) is 0 Å². The molecule has 0 radical (unpaired) electrons. The van der Waals surface area contributed by atoms with Gasteiger partial charge in [0.15, 0.2) is 0 Å². The molecule has 4 unspecified atom stereocenters. The van der Waals surface area contributed by atoms with Gasteiger partial charge >= 0.3 is 0 Å². The number of benzene rings is 1. The molecule has 0 aromatic heterocycles. The largest absolute Gasteiger partial charge is 0.385 e. The average molecular weight is 420 g/mol. The molecular weight excluding hydrogens is 394 g/mol. The maximum Gasteiger partial charge on any atom is 0.250 e. The normalized spacial score (nSPS) is 30.5. The molecule has 156 valence electrons. The summed E-state index contributed by atoms with van der Waals surface area (Å²) in [7, 11) is 1.59. The summed E-state index contributed by atoms with van der Waals surface area (Å²) in [5.41, 5.74) is 0.791. The Bertz CT molecular complexity index is 902. The van der Waals surface area contributed by atoms with Crippen LogP contribution in [0, 0.1) is 24.7 Å². The van der Waals surface area contributed by atoms with Crippen molar-refractivity contribution in [3.63, 3.8) is 0 Å². The zero-order valence-corrected chi connectivity index (χ0v) is 17.8. The van der Waals surface area contributed by atoms with Crippen LogP contribution in [0.1, 0.15) is 31.4 Å². The summed E-state index contributed by atoms with van der Waals surface area (Å²) in [4.78, 5) is 41.4. The van der Waals surface area contributed by atoms with Crippen LogP contribution in [0.25, 0.3) is 0 Å². The van der Waals surface area contributed by atoms with Crippen molar-refractivity contribution in [1.29, 1.82) is 0 Å². The molecule has 0 bridgehead atoms. The van der Waals surface area contributed by atoms with Crippen LogP contribution < -0.4 is 10.6 Å². The molecule has 3 aliphatic rings. The molecule has 8 heteroatoms. The second-order valence-corrected chi connectivity index (χ2v) is 8.93. The van der Waals surface area contributed by atoms with E-state index in [2.05, 4.69) is 10.6 Å². The summed E-state index contributed by atoms with van der Waals surface area (Å²) in [6.07, 6.45) is 0.563. The highest BCUT2D eigenvalue weighted by atomic mass is 35.5. The highest BCUT2D eigenvalue weighted by Gasteiger charge is 2.70. The molecule has 7 nitrogen and oxygen atoms in total. The monoisotopic (exact) mass is 419 g/mol. The quantitative estimate of drug-likeness (QED) is 0.563. The zero-order valence-electron chi connectivity index (χ0n) is 17.0. The molecule has 2 N–H and O–H groups in total. The van der Waals surface area contributed by atoms with Gasteiger partial charge in [-0.2, -0.15) is 0 Å². The highest BCUT2D eigenvalue weighted by molar-refractivity contribution is 6.35. The average Bonchev–Trinajstić information content (AvgIpc) is 3.24. The van der Waals surface area contributed by atoms with E-state index in [-0.39, 0.29) is 29.7 Å². The number of nitrogens with zero attached hydrogens (tertiary/aromatic N) is 1. The number of rotatable bonds is 5. The maximum absolute atomic E-state index is 13.5. The van der Waals surface area contributed by atoms with E-state index in [1.54, 1.807) is 13.2 Å². The van der Waals surface area contributed by atoms with Crippen LogP contribution in [-0.2, 0) is 24.7 Å². The molecule has 4 atom stereocenters. The summed E-state index contributed by atoms with van der Waals surface area (Å²) in [5, 5.41) is 6.71. The van der Waals surface area contributed by atoms with Crippen molar-refractivity contribution in [1.82, 2.24) is 10.2 Å². The number of halogens is 1. The summed E-state index contributed by atoms with van der Waals surface area (Å²) < 4.78 is 5.07. The number of likely N-dealkylation sites (tertiary alicyclic amines) is 1. The Labute approximate surface area is 175 Å². The minimum atomic E-state index is -1.28. The van der Waals surface area contributed by atoms with Crippen molar-refractivity contribution in [3.8, 4) is 0 Å². The van der Waals surface area contributed by atoms with E-state index in [1.807, 2.05) is 26.8 Å². The smallest absolute Gasteiger partial charge is 0.250 e. The number of fused-ring (bicyclic) bond motifs is 4. The van der Waals surface area contributed by atoms with E-state index >= 15 is 0 Å². The fourth-order valence-corrected chi connectivity index (χ4v) is 5.47. The number of nitrogens with one attached hydrogen (secondary N) is 2. The fraction of sp³-hybridized carbons (Fsp3) is 0.571. The molecule has 3 aliphatic heterocycles. The van der Waals surface area contributed by atoms with E-state index < -0.39 is 17.4 Å². The first-order valence-electron chi connectivity index (χ1n) is 9.98. The van der Waals surface area contributed by atoms with Gasteiger partial charge in [-0.05, 0) is 30.9 Å². The van der Waals surface area contributed by atoms with E-state index in [0.717, 1.165) is 5.56 Å². The van der Waals surface area contributed by atoms with Crippen LogP contribution in [0.2, 0.25) is 5.02 Å². The highest BCUT2D eigenvalue weighted by Crippen LogP contribution is 2.55. The predicted octanol–water partition coefficient (Wildman–Crippen LogP) is 2.06. The Kier molecular flexibility index (Phi) is 4.96. The van der Waals surface area contributed by atoms with Gasteiger partial charge < -0.3 is 10.1 Å². The number of amides is 3. The van der Waals surface area contributed by atoms with Gasteiger partial charge in [0.2, 0.25) is 17.7 Å². The second kappa shape index (κ2) is 7.07. The van der Waals surface area contributed by atoms with Crippen LogP contribution in [0.3, 0.4) is 0 Å². The topological polar surface area (TPSA) is 87.7 Å². The van der Waals surface area contributed by atoms with Gasteiger partial charge in [-0.3, -0.25) is 24.6 Å². The molecule has 1 aromatic carbocycles. The SMILES string of the molecule is COCCCN1C(=O)C2C(C(C)C)NC3(C(=O)Nc4c(Cl)cc(C)cc43)C2C1=O. The third-order valence-corrected chi connectivity index (χ3v) is 6.69. The summed E-state index contributed by atoms with van der Waals surface area (Å²) in [6.45, 7) is 6.64. The van der Waals surface area contributed by atoms with E-state index in [4.69, 9.17) is 16.3 Å². The number of carbonyl (C=O) groups is 3. The van der Waals surface area contributed by atoms with Crippen molar-refractivity contribution in [3.05, 3.63) is 28.3 Å². The van der Waals surface area contributed by atoms with Gasteiger partial charge in [-0.1, -0.05) is 31.5 Å². The standard InChI is InChI=1S/C21H26ClN3O4/c1-10(2)16-14-15(19(27)25(18(14)26)6-5-7-29-4)21(24-16)12-8-11(3)9-13(22)17(12)23-20(21)28/h8-10,14-16,24H,5-7H2,1-4H3,(H,23,28). The van der Waals surface area contributed by atoms with Crippen LogP contribution in [0.15, 0.2) is 12.1 Å². The fourth-order valence-electron chi connectivity index (χ4n) is 5.15. The number of hydrogen-bond donors (Lipinski definition) is 2. The lowest BCUT2D eigenvalue weighted by molar-refractivity contribution is -0.143. The predicted molar refractivity (Wildman–Crippen MR) is 108 cm³/mol. The molecule has 3 heterocycles. The van der Waals surface area contributed by atoms with Crippen molar-refractivity contribution in [2.75, 3.05) is 25.6 Å². The Balaban J connectivity index is 1.84. The van der Waals surface area contributed by atoms with Crippen LogP contribution in [-0.4, -0.2) is 48.9 Å². The zero-order chi connectivity index (χ0) is 21.1. The number of carbonyl (C=O) groups excluding carboxylic acids is 3. The van der Waals surface area contributed by atoms with Gasteiger partial charge in [0.1, 0.15) is 5.54 Å². The van der Waals surface area contributed by atoms with Crippen molar-refractivity contribution >= 4 is 35.0 Å². The molecule has 0 aliphatic carbocycles. The molecule has 3 amide bonds. The van der Waals surface area contributed by atoms with Crippen LogP contribution in [0.4, 0.5) is 5.69 Å². The lowest BCUT2D eigenvalue weighted by Gasteiger charge is -2.30. The number of hydrogen-bond acceptors (Lipinski definition) is 5. The summed E-state index contributed by atoms with van der Waals surface area (Å²) >= 11 is 6.40. The lowest BCUT2D eigenvalue weighted by atomic mass is 9.75. The molecule has 1 aromatic rings. The Morgan fingerprint density at radius 2 is 1.97 bits per heavy atom. The molecule has 1 spiro atoms. The number of imide groups is 1. The maximum atomic E-state index is 13.5. The van der Waals surface area contributed by atoms with E-state index in [9.17, 15) is 14.4 Å². The van der Waals surface area contributed by atoms with Crippen LogP contribution >= 0.6 is 11.6 Å². The minimum absolute atomic E-state index is 0.0645. The number of aryl methyl sites for hydroxylation is 1. The van der Waals surface area contributed by atoms with Crippen molar-refractivity contribution < 1.29 is 19.1 Å². The van der Waals surface area contributed by atoms with Gasteiger partial charge in [0, 0.05) is 31.9 Å². The van der Waals surface area contributed by atoms with Gasteiger partial charge in [0.25, 0.3) is 0 Å². The molecule has 2 fully saturated rings. The summed E-state index contributed by atoms with van der Waals surface area (Å²) in [5.74, 6) is -2.13. The lowest BCUT2D eigenvalue weighted by Crippen LogP contribution is -2.54. The molecule has 2 saturated heterocycles. The van der Waals surface area contributed by atoms with E-state index in [1.165, 1.54) is 4.90 Å². The Hall–Kier alpha value is -1.96. The third-order valence-electron chi connectivity index (χ3n) is 6.39. The van der Waals surface area contributed by atoms with Crippen molar-refractivity contribution in [2.45, 2.75) is 38.8 Å². The van der Waals surface area contributed by atoms with Gasteiger partial charge in [0.05, 0.1) is 22.5 Å². The number of methoxy groups -OCH3 is 1. The van der Waals surface area contributed by atoms with Gasteiger partial charge in [-0.25, -0.2) is 0 Å².